The number of rotatable bonds is 6. The number of halogens is 4. The average molecular weight is 719 g/mol. The highest BCUT2D eigenvalue weighted by Gasteiger charge is 2.26. The van der Waals surface area contributed by atoms with E-state index in [0.717, 1.165) is 9.13 Å². The molecule has 0 unspecified atom stereocenters. The van der Waals surface area contributed by atoms with Gasteiger partial charge >= 0.3 is 5.97 Å². The van der Waals surface area contributed by atoms with Crippen LogP contribution in [-0.2, 0) is 16.1 Å². The lowest BCUT2D eigenvalue weighted by molar-refractivity contribution is -0.384. The third kappa shape index (κ3) is 5.68. The minimum atomic E-state index is -0.657. The van der Waals surface area contributed by atoms with Crippen LogP contribution in [0.5, 0.6) is 5.75 Å². The van der Waals surface area contributed by atoms with Crippen molar-refractivity contribution in [2.45, 2.75) is 6.61 Å². The Bertz CT molecular complexity index is 1350. The topological polar surface area (TPSA) is 91.0 Å². The van der Waals surface area contributed by atoms with Crippen LogP contribution < -0.4 is 4.74 Å². The van der Waals surface area contributed by atoms with Gasteiger partial charge in [0.15, 0.2) is 5.70 Å². The van der Waals surface area contributed by atoms with Crippen LogP contribution in [0.4, 0.5) is 5.69 Å². The number of cyclic esters (lactones) is 1. The quantitative estimate of drug-likeness (QED) is 0.0878. The molecule has 0 aliphatic carbocycles. The van der Waals surface area contributed by atoms with E-state index in [0.29, 0.717) is 26.9 Å². The number of carbonyl (C=O) groups is 1. The Labute approximate surface area is 229 Å². The summed E-state index contributed by atoms with van der Waals surface area (Å²) in [6, 6.07) is 15.4. The number of nitro groups is 1. The molecule has 0 fully saturated rings. The third-order valence-electron chi connectivity index (χ3n) is 4.63. The van der Waals surface area contributed by atoms with Gasteiger partial charge in [0.05, 0.1) is 24.5 Å². The van der Waals surface area contributed by atoms with Crippen molar-refractivity contribution in [2.24, 2.45) is 4.99 Å². The summed E-state index contributed by atoms with van der Waals surface area (Å²) >= 11 is 15.4. The maximum atomic E-state index is 12.4. The Balaban J connectivity index is 1.56. The third-order valence-corrected chi connectivity index (χ3v) is 6.84. The predicted octanol–water partition coefficient (Wildman–Crippen LogP) is 7.30. The molecule has 0 amide bonds. The first-order chi connectivity index (χ1) is 16.2. The highest BCUT2D eigenvalue weighted by Crippen LogP contribution is 2.36. The number of carbonyl (C=O) groups excluding carboxylic acids is 1. The lowest BCUT2D eigenvalue weighted by Gasteiger charge is -2.11. The number of hydrogen-bond acceptors (Lipinski definition) is 6. The van der Waals surface area contributed by atoms with E-state index in [4.69, 9.17) is 21.1 Å². The molecule has 0 saturated carbocycles. The van der Waals surface area contributed by atoms with Crippen LogP contribution in [0.1, 0.15) is 16.7 Å². The number of nitrogens with zero attached hydrogens (tertiary/aromatic N) is 2. The van der Waals surface area contributed by atoms with Crippen LogP contribution in [0, 0.1) is 13.7 Å². The Kier molecular flexibility index (Phi) is 7.70. The van der Waals surface area contributed by atoms with E-state index >= 15 is 0 Å². The Morgan fingerprint density at radius 3 is 2.41 bits per heavy atom. The van der Waals surface area contributed by atoms with E-state index in [-0.39, 0.29) is 27.9 Å². The molecule has 11 heteroatoms. The zero-order valence-corrected chi connectivity index (χ0v) is 23.0. The van der Waals surface area contributed by atoms with Crippen molar-refractivity contribution in [1.29, 1.82) is 0 Å². The predicted molar refractivity (Wildman–Crippen MR) is 144 cm³/mol. The Hall–Kier alpha value is -2.28. The molecule has 0 N–H and O–H groups in total. The summed E-state index contributed by atoms with van der Waals surface area (Å²) < 4.78 is 13.7. The second kappa shape index (κ2) is 10.5. The van der Waals surface area contributed by atoms with Crippen LogP contribution in [-0.4, -0.2) is 16.8 Å². The highest BCUT2D eigenvalue weighted by molar-refractivity contribution is 14.1. The highest BCUT2D eigenvalue weighted by atomic mass is 127. The van der Waals surface area contributed by atoms with Crippen LogP contribution in [0.2, 0.25) is 5.02 Å². The van der Waals surface area contributed by atoms with Crippen molar-refractivity contribution < 1.29 is 19.2 Å². The van der Waals surface area contributed by atoms with Crippen LogP contribution in [0.3, 0.4) is 0 Å². The van der Waals surface area contributed by atoms with E-state index < -0.39 is 10.9 Å². The van der Waals surface area contributed by atoms with Gasteiger partial charge < -0.3 is 9.47 Å². The van der Waals surface area contributed by atoms with Gasteiger partial charge in [-0.25, -0.2) is 9.79 Å². The largest absolute Gasteiger partial charge is 0.487 e. The minimum absolute atomic E-state index is 0.0215. The number of aliphatic imine (C=N–C) groups is 1. The maximum Gasteiger partial charge on any atom is 0.363 e. The number of ether oxygens (including phenoxy) is 2. The molecule has 172 valence electrons. The molecule has 7 nitrogen and oxygen atoms in total. The molecule has 4 rings (SSSR count). The SMILES string of the molecule is O=C1OC(c2ccc([N+](=O)[O-])cc2Cl)=N/C1=C\c1cc(Br)c(OCc2ccc(I)cc2)c(Br)c1. The summed E-state index contributed by atoms with van der Waals surface area (Å²) in [5, 5.41) is 11.0. The van der Waals surface area contributed by atoms with E-state index in [1.54, 1.807) is 18.2 Å². The molecule has 0 bridgehead atoms. The normalized spacial score (nSPS) is 14.2. The van der Waals surface area contributed by atoms with Gasteiger partial charge in [0.2, 0.25) is 5.90 Å². The maximum absolute atomic E-state index is 12.4. The Morgan fingerprint density at radius 1 is 1.12 bits per heavy atom. The van der Waals surface area contributed by atoms with Gasteiger partial charge in [-0.05, 0) is 102 Å². The van der Waals surface area contributed by atoms with Crippen molar-refractivity contribution in [3.05, 3.63) is 105 Å². The molecule has 0 aromatic heterocycles. The molecule has 34 heavy (non-hydrogen) atoms. The fourth-order valence-electron chi connectivity index (χ4n) is 3.01. The molecule has 0 atom stereocenters. The van der Waals surface area contributed by atoms with Crippen molar-refractivity contribution in [3.8, 4) is 5.75 Å². The van der Waals surface area contributed by atoms with Crippen molar-refractivity contribution in [2.75, 3.05) is 0 Å². The number of non-ortho nitro benzene ring substituents is 1. The van der Waals surface area contributed by atoms with Gasteiger partial charge in [-0.1, -0.05) is 23.7 Å². The van der Waals surface area contributed by atoms with E-state index in [1.165, 1.54) is 18.2 Å². The summed E-state index contributed by atoms with van der Waals surface area (Å²) in [7, 11) is 0. The number of benzene rings is 3. The second-order valence-corrected chi connectivity index (χ2v) is 10.3. The van der Waals surface area contributed by atoms with Gasteiger partial charge in [0, 0.05) is 15.7 Å². The van der Waals surface area contributed by atoms with Crippen LogP contribution in [0.15, 0.2) is 74.2 Å². The lowest BCUT2D eigenvalue weighted by Crippen LogP contribution is -2.06. The first-order valence-corrected chi connectivity index (χ1v) is 12.6. The van der Waals surface area contributed by atoms with E-state index in [1.807, 2.05) is 24.3 Å². The zero-order valence-electron chi connectivity index (χ0n) is 16.9. The summed E-state index contributed by atoms with van der Waals surface area (Å²) in [6.45, 7) is 0.393. The van der Waals surface area contributed by atoms with Crippen molar-refractivity contribution in [3.63, 3.8) is 0 Å². The zero-order chi connectivity index (χ0) is 24.4. The fraction of sp³-hybridized carbons (Fsp3) is 0.0435. The minimum Gasteiger partial charge on any atom is -0.487 e. The molecular formula is C23H12Br2ClIN2O5. The van der Waals surface area contributed by atoms with Gasteiger partial charge in [0.25, 0.3) is 5.69 Å². The summed E-state index contributed by atoms with van der Waals surface area (Å²) in [5.41, 5.74) is 1.88. The van der Waals surface area contributed by atoms with Gasteiger partial charge in [-0.15, -0.1) is 0 Å². The van der Waals surface area contributed by atoms with E-state index in [2.05, 4.69) is 59.4 Å². The van der Waals surface area contributed by atoms with Crippen LogP contribution >= 0.6 is 66.1 Å². The average Bonchev–Trinajstić information content (AvgIpc) is 3.14. The molecule has 3 aromatic rings. The standard InChI is InChI=1S/C23H12Br2ClIN2O5/c24-17-7-13(8-18(25)21(17)33-11-12-1-3-14(27)4-2-12)9-20-23(30)34-22(28-20)16-6-5-15(29(31)32)10-19(16)26/h1-10H,11H2/b20-9-. The summed E-state index contributed by atoms with van der Waals surface area (Å²) in [6.07, 6.45) is 1.56. The molecule has 1 heterocycles. The van der Waals surface area contributed by atoms with Gasteiger partial charge in [-0.2, -0.15) is 0 Å². The molecule has 1 aliphatic rings. The molecule has 3 aromatic carbocycles. The number of nitro benzene ring substituents is 1. The van der Waals surface area contributed by atoms with Gasteiger partial charge in [0.1, 0.15) is 12.4 Å². The summed E-state index contributed by atoms with van der Waals surface area (Å²) in [4.78, 5) is 26.9. The Morgan fingerprint density at radius 2 is 1.79 bits per heavy atom. The number of hydrogen-bond donors (Lipinski definition) is 0. The second-order valence-electron chi connectivity index (χ2n) is 6.99. The van der Waals surface area contributed by atoms with Crippen LogP contribution in [0.25, 0.3) is 6.08 Å². The molecule has 0 spiro atoms. The first-order valence-electron chi connectivity index (χ1n) is 9.54. The molecule has 1 aliphatic heterocycles. The molecular weight excluding hydrogens is 706 g/mol. The lowest BCUT2D eigenvalue weighted by atomic mass is 10.2. The molecule has 0 saturated heterocycles. The van der Waals surface area contributed by atoms with Crippen molar-refractivity contribution in [1.82, 2.24) is 0 Å². The number of esters is 1. The molecule has 0 radical (unpaired) electrons. The van der Waals surface area contributed by atoms with Crippen molar-refractivity contribution >= 4 is 89.7 Å². The van der Waals surface area contributed by atoms with E-state index in [9.17, 15) is 14.9 Å². The fourth-order valence-corrected chi connectivity index (χ4v) is 5.08. The smallest absolute Gasteiger partial charge is 0.363 e. The monoisotopic (exact) mass is 716 g/mol. The van der Waals surface area contributed by atoms with Gasteiger partial charge in [-0.3, -0.25) is 10.1 Å². The summed E-state index contributed by atoms with van der Waals surface area (Å²) in [5.74, 6) is -0.0565. The first kappa shape index (κ1) is 24.8.